The number of ether oxygens (including phenoxy) is 1. The molecular formula is C20H13Cl5N2O3. The van der Waals surface area contributed by atoms with Gasteiger partial charge in [-0.05, 0) is 30.4 Å². The van der Waals surface area contributed by atoms with Gasteiger partial charge in [0.2, 0.25) is 0 Å². The van der Waals surface area contributed by atoms with Gasteiger partial charge in [0.05, 0.1) is 30.8 Å². The predicted molar refractivity (Wildman–Crippen MR) is 123 cm³/mol. The molecule has 0 fully saturated rings. The van der Waals surface area contributed by atoms with Crippen LogP contribution in [-0.4, -0.2) is 12.0 Å². The number of esters is 1. The number of halogens is 5. The van der Waals surface area contributed by atoms with E-state index >= 15 is 0 Å². The summed E-state index contributed by atoms with van der Waals surface area (Å²) < 4.78 is 5.15. The Hall–Kier alpha value is -1.89. The third-order valence-corrected chi connectivity index (χ3v) is 5.82. The molecule has 2 aromatic carbocycles. The van der Waals surface area contributed by atoms with E-state index in [0.717, 1.165) is 0 Å². The molecule has 0 atom stereocenters. The number of hydrogen-bond donors (Lipinski definition) is 2. The predicted octanol–water partition coefficient (Wildman–Crippen LogP) is 6.01. The first kappa shape index (κ1) is 22.8. The molecule has 0 aliphatic heterocycles. The Bertz CT molecular complexity index is 1180. The van der Waals surface area contributed by atoms with Gasteiger partial charge in [0, 0.05) is 29.5 Å². The van der Waals surface area contributed by atoms with Gasteiger partial charge >= 0.3 is 12.0 Å². The number of nitrogens with one attached hydrogen (secondary N) is 2. The van der Waals surface area contributed by atoms with Gasteiger partial charge in [0.1, 0.15) is 5.76 Å². The second kappa shape index (κ2) is 9.50. The molecule has 0 heterocycles. The van der Waals surface area contributed by atoms with E-state index in [-0.39, 0.29) is 20.1 Å². The molecule has 5 nitrogen and oxygen atoms in total. The van der Waals surface area contributed by atoms with Crippen LogP contribution < -0.4 is 21.1 Å². The number of hydrogen-bond acceptors (Lipinski definition) is 3. The fraction of sp³-hybridized carbons (Fsp3) is 0.100. The van der Waals surface area contributed by atoms with E-state index in [1.165, 1.54) is 25.1 Å². The van der Waals surface area contributed by atoms with Crippen LogP contribution in [0.5, 0.6) is 0 Å². The van der Waals surface area contributed by atoms with Gasteiger partial charge in [-0.15, -0.1) is 0 Å². The van der Waals surface area contributed by atoms with Crippen molar-refractivity contribution in [2.75, 3.05) is 10.6 Å². The van der Waals surface area contributed by atoms with Crippen LogP contribution in [0, 0.1) is 0 Å². The second-order valence-electron chi connectivity index (χ2n) is 6.18. The standard InChI is InChI=1S/C20H13Cl5N2O3/c1-9(28)30-11-2-4-12-13(5-3-11)19(17(24)8-14(12)21)27-20(29)26-10-6-15(22)18(25)16(23)7-10/h2,4-8H,3H2,1H3,(H2,26,27,29). The molecule has 1 aliphatic rings. The van der Waals surface area contributed by atoms with Gasteiger partial charge < -0.3 is 15.4 Å². The zero-order valence-electron chi connectivity index (χ0n) is 15.3. The minimum absolute atomic E-state index is 0.191. The maximum Gasteiger partial charge on any atom is 0.323 e. The number of allylic oxidation sites excluding steroid dienone is 2. The second-order valence-corrected chi connectivity index (χ2v) is 8.18. The van der Waals surface area contributed by atoms with E-state index in [0.29, 0.717) is 39.0 Å². The molecule has 1 aliphatic carbocycles. The van der Waals surface area contributed by atoms with Crippen LogP contribution in [0.2, 0.25) is 25.1 Å². The summed E-state index contributed by atoms with van der Waals surface area (Å²) in [4.78, 5) is 23.8. The zero-order chi connectivity index (χ0) is 22.0. The smallest absolute Gasteiger partial charge is 0.323 e. The number of urea groups is 1. The number of amides is 2. The fourth-order valence-electron chi connectivity index (χ4n) is 2.77. The van der Waals surface area contributed by atoms with Crippen molar-refractivity contribution in [2.45, 2.75) is 13.3 Å². The van der Waals surface area contributed by atoms with Gasteiger partial charge in [0.15, 0.2) is 0 Å². The molecule has 0 saturated heterocycles. The van der Waals surface area contributed by atoms with Crippen LogP contribution in [0.4, 0.5) is 16.2 Å². The fourth-order valence-corrected chi connectivity index (χ4v) is 3.96. The molecule has 0 spiro atoms. The maximum atomic E-state index is 12.6. The van der Waals surface area contributed by atoms with Crippen molar-refractivity contribution in [3.8, 4) is 0 Å². The van der Waals surface area contributed by atoms with Crippen LogP contribution in [0.1, 0.15) is 13.3 Å². The van der Waals surface area contributed by atoms with Gasteiger partial charge in [0.25, 0.3) is 0 Å². The quantitative estimate of drug-likeness (QED) is 0.396. The molecule has 0 bridgehead atoms. The molecular weight excluding hydrogens is 493 g/mol. The van der Waals surface area contributed by atoms with Gasteiger partial charge in [-0.2, -0.15) is 0 Å². The maximum absolute atomic E-state index is 12.6. The van der Waals surface area contributed by atoms with Crippen LogP contribution in [-0.2, 0) is 9.53 Å². The highest BCUT2D eigenvalue weighted by molar-refractivity contribution is 6.48. The van der Waals surface area contributed by atoms with E-state index < -0.39 is 12.0 Å². The zero-order valence-corrected chi connectivity index (χ0v) is 19.1. The Kier molecular flexibility index (Phi) is 7.22. The normalized spacial score (nSPS) is 12.5. The molecule has 0 saturated carbocycles. The molecule has 3 rings (SSSR count). The number of anilines is 2. The van der Waals surface area contributed by atoms with Crippen LogP contribution in [0.3, 0.4) is 0 Å². The van der Waals surface area contributed by atoms with Crippen molar-refractivity contribution in [1.29, 1.82) is 0 Å². The number of rotatable bonds is 3. The molecule has 2 amide bonds. The molecule has 0 aromatic heterocycles. The average Bonchev–Trinajstić information content (AvgIpc) is 2.85. The number of carbonyl (C=O) groups is 2. The van der Waals surface area contributed by atoms with E-state index in [1.807, 2.05) is 0 Å². The molecule has 156 valence electrons. The first-order valence-electron chi connectivity index (χ1n) is 8.45. The minimum atomic E-state index is -0.582. The summed E-state index contributed by atoms with van der Waals surface area (Å²) in [6.07, 6.45) is 5.40. The Morgan fingerprint density at radius 2 is 1.53 bits per heavy atom. The SMILES string of the molecule is CC(=O)OC1=CC=c2c(Cl)cc(Cl)c(NC(=O)Nc3cc(Cl)c(Cl)c(Cl)c3)c2=CC1. The number of carbonyl (C=O) groups excluding carboxylic acids is 2. The highest BCUT2D eigenvalue weighted by Crippen LogP contribution is 2.33. The van der Waals surface area contributed by atoms with Crippen molar-refractivity contribution in [1.82, 2.24) is 0 Å². The molecule has 10 heteroatoms. The summed E-state index contributed by atoms with van der Waals surface area (Å²) in [6.45, 7) is 1.31. The monoisotopic (exact) mass is 504 g/mol. The van der Waals surface area contributed by atoms with Crippen molar-refractivity contribution in [2.24, 2.45) is 0 Å². The third kappa shape index (κ3) is 5.23. The number of benzene rings is 2. The van der Waals surface area contributed by atoms with Crippen molar-refractivity contribution < 1.29 is 14.3 Å². The van der Waals surface area contributed by atoms with Gasteiger partial charge in [-0.1, -0.05) is 64.1 Å². The summed E-state index contributed by atoms with van der Waals surface area (Å²) in [5.41, 5.74) is 0.686. The lowest BCUT2D eigenvalue weighted by Crippen LogP contribution is -2.32. The Labute approximate surface area is 196 Å². The lowest BCUT2D eigenvalue weighted by Gasteiger charge is -2.12. The van der Waals surface area contributed by atoms with E-state index in [4.69, 9.17) is 62.7 Å². The molecule has 0 unspecified atom stereocenters. The molecule has 0 radical (unpaired) electrons. The largest absolute Gasteiger partial charge is 0.431 e. The van der Waals surface area contributed by atoms with Crippen LogP contribution >= 0.6 is 58.0 Å². The topological polar surface area (TPSA) is 67.4 Å². The van der Waals surface area contributed by atoms with Crippen LogP contribution in [0.15, 0.2) is 30.0 Å². The number of fused-ring (bicyclic) bond motifs is 1. The molecule has 2 aromatic rings. The minimum Gasteiger partial charge on any atom is -0.431 e. The van der Waals surface area contributed by atoms with Crippen molar-refractivity contribution in [3.63, 3.8) is 0 Å². The van der Waals surface area contributed by atoms with Crippen LogP contribution in [0.25, 0.3) is 12.2 Å². The summed E-state index contributed by atoms with van der Waals surface area (Å²) in [5.74, 6) is 0.00267. The van der Waals surface area contributed by atoms with Crippen molar-refractivity contribution in [3.05, 3.63) is 65.6 Å². The Balaban J connectivity index is 1.93. The molecule has 30 heavy (non-hydrogen) atoms. The first-order valence-corrected chi connectivity index (χ1v) is 10.3. The lowest BCUT2D eigenvalue weighted by atomic mass is 10.2. The highest BCUT2D eigenvalue weighted by atomic mass is 35.5. The summed E-state index contributed by atoms with van der Waals surface area (Å²) >= 11 is 30.6. The van der Waals surface area contributed by atoms with E-state index in [2.05, 4.69) is 10.6 Å². The lowest BCUT2D eigenvalue weighted by molar-refractivity contribution is -0.136. The van der Waals surface area contributed by atoms with E-state index in [1.54, 1.807) is 18.2 Å². The van der Waals surface area contributed by atoms with Gasteiger partial charge in [-0.25, -0.2) is 4.79 Å². The van der Waals surface area contributed by atoms with E-state index in [9.17, 15) is 9.59 Å². The Morgan fingerprint density at radius 1 is 0.867 bits per heavy atom. The average molecular weight is 507 g/mol. The molecule has 2 N–H and O–H groups in total. The highest BCUT2D eigenvalue weighted by Gasteiger charge is 2.14. The van der Waals surface area contributed by atoms with Gasteiger partial charge in [-0.3, -0.25) is 4.79 Å². The summed E-state index contributed by atoms with van der Waals surface area (Å²) in [5, 5.41) is 7.75. The third-order valence-electron chi connectivity index (χ3n) is 4.01. The Morgan fingerprint density at radius 3 is 2.17 bits per heavy atom. The summed E-state index contributed by atoms with van der Waals surface area (Å²) in [7, 11) is 0. The van der Waals surface area contributed by atoms with Crippen molar-refractivity contribution >= 4 is 93.5 Å². The first-order chi connectivity index (χ1) is 14.2. The summed E-state index contributed by atoms with van der Waals surface area (Å²) in [6, 6.07) is 3.87.